The number of hydrogen-bond donors (Lipinski definition) is 3. The Morgan fingerprint density at radius 2 is 1.94 bits per heavy atom. The molecule has 0 aromatic heterocycles. The molecule has 3 rings (SSSR count). The Morgan fingerprint density at radius 1 is 1.23 bits per heavy atom. The zero-order valence-electron chi connectivity index (χ0n) is 17.9. The zero-order chi connectivity index (χ0) is 22.6. The average Bonchev–Trinajstić information content (AvgIpc) is 3.02. The lowest BCUT2D eigenvalue weighted by molar-refractivity contribution is 0.182. The summed E-state index contributed by atoms with van der Waals surface area (Å²) >= 11 is 0. The minimum absolute atomic E-state index is 0.123. The topological polar surface area (TPSA) is 104 Å². The van der Waals surface area contributed by atoms with Crippen molar-refractivity contribution >= 4 is 26.7 Å². The summed E-state index contributed by atoms with van der Waals surface area (Å²) in [6, 6.07) is 11.2. The second-order valence-corrected chi connectivity index (χ2v) is 10.1. The molecule has 0 amide bonds. The van der Waals surface area contributed by atoms with Crippen molar-refractivity contribution in [2.75, 3.05) is 26.1 Å². The fourth-order valence-corrected chi connectivity index (χ4v) is 6.16. The first kappa shape index (κ1) is 23.5. The van der Waals surface area contributed by atoms with Gasteiger partial charge in [0.15, 0.2) is 9.84 Å². The van der Waals surface area contributed by atoms with E-state index in [0.717, 1.165) is 28.3 Å². The number of sulfone groups is 1. The van der Waals surface area contributed by atoms with E-state index in [0.29, 0.717) is 24.0 Å². The lowest BCUT2D eigenvalue weighted by atomic mass is 9.93. The molecule has 0 saturated heterocycles. The van der Waals surface area contributed by atoms with Gasteiger partial charge in [0.2, 0.25) is 0 Å². The lowest BCUT2D eigenvalue weighted by Gasteiger charge is -2.19. The van der Waals surface area contributed by atoms with Crippen LogP contribution in [0.15, 0.2) is 53.1 Å². The summed E-state index contributed by atoms with van der Waals surface area (Å²) in [5, 5.41) is 31.3. The second-order valence-electron chi connectivity index (χ2n) is 7.90. The van der Waals surface area contributed by atoms with Crippen molar-refractivity contribution < 1.29 is 28.5 Å². The van der Waals surface area contributed by atoms with E-state index in [9.17, 15) is 23.7 Å². The normalized spacial score (nSPS) is 19.9. The highest BCUT2D eigenvalue weighted by Crippen LogP contribution is 2.33. The molecular formula is C24H30O6S. The Kier molecular flexibility index (Phi) is 7.54. The molecule has 0 aliphatic carbocycles. The van der Waals surface area contributed by atoms with Crippen molar-refractivity contribution in [3.63, 3.8) is 0 Å². The first-order valence-corrected chi connectivity index (χ1v) is 12.1. The number of aromatic hydroxyl groups is 1. The summed E-state index contributed by atoms with van der Waals surface area (Å²) in [4.78, 5) is 0. The number of aliphatic hydroxyl groups is 2. The number of methoxy groups -OCH3 is 1. The number of benzene rings is 2. The van der Waals surface area contributed by atoms with Gasteiger partial charge in [-0.1, -0.05) is 48.9 Å². The monoisotopic (exact) mass is 446 g/mol. The van der Waals surface area contributed by atoms with E-state index in [1.807, 2.05) is 37.3 Å². The van der Waals surface area contributed by atoms with Crippen molar-refractivity contribution in [1.82, 2.24) is 0 Å². The van der Waals surface area contributed by atoms with E-state index < -0.39 is 27.8 Å². The molecule has 0 radical (unpaired) electrons. The van der Waals surface area contributed by atoms with Gasteiger partial charge in [-0.05, 0) is 47.4 Å². The smallest absolute Gasteiger partial charge is 0.163 e. The van der Waals surface area contributed by atoms with Crippen molar-refractivity contribution in [3.05, 3.63) is 58.7 Å². The van der Waals surface area contributed by atoms with Crippen LogP contribution in [0.25, 0.3) is 16.8 Å². The number of ether oxygens (including phenoxy) is 1. The summed E-state index contributed by atoms with van der Waals surface area (Å²) in [7, 11) is -2.04. The third kappa shape index (κ3) is 5.01. The molecule has 0 bridgehead atoms. The minimum atomic E-state index is -3.53. The van der Waals surface area contributed by atoms with Gasteiger partial charge in [0.1, 0.15) is 11.0 Å². The number of phenols is 1. The molecule has 6 nitrogen and oxygen atoms in total. The number of fused-ring (bicyclic) bond motifs is 1. The Bertz CT molecular complexity index is 1100. The third-order valence-corrected chi connectivity index (χ3v) is 7.92. The van der Waals surface area contributed by atoms with Gasteiger partial charge in [-0.2, -0.15) is 0 Å². The first-order chi connectivity index (χ1) is 14.8. The Hall–Kier alpha value is -2.19. The van der Waals surface area contributed by atoms with Crippen molar-refractivity contribution in [3.8, 4) is 5.75 Å². The highest BCUT2D eigenvalue weighted by atomic mass is 32.2. The van der Waals surface area contributed by atoms with Crippen LogP contribution in [0.3, 0.4) is 0 Å². The molecule has 3 N–H and O–H groups in total. The van der Waals surface area contributed by atoms with Crippen molar-refractivity contribution in [1.29, 1.82) is 0 Å². The van der Waals surface area contributed by atoms with Crippen molar-refractivity contribution in [2.45, 2.75) is 37.5 Å². The van der Waals surface area contributed by atoms with Crippen LogP contribution >= 0.6 is 0 Å². The largest absolute Gasteiger partial charge is 0.507 e. The van der Waals surface area contributed by atoms with Crippen LogP contribution in [0.4, 0.5) is 0 Å². The molecule has 1 aliphatic heterocycles. The average molecular weight is 447 g/mol. The van der Waals surface area contributed by atoms with Crippen LogP contribution in [-0.2, 0) is 14.6 Å². The molecule has 0 saturated carbocycles. The number of phenolic OH excluding ortho intramolecular Hbond substituents is 1. The molecule has 0 unspecified atom stereocenters. The lowest BCUT2D eigenvalue weighted by Crippen LogP contribution is -2.29. The van der Waals surface area contributed by atoms with Crippen LogP contribution in [-0.4, -0.2) is 61.2 Å². The molecule has 1 aliphatic rings. The van der Waals surface area contributed by atoms with E-state index in [-0.39, 0.29) is 18.1 Å². The van der Waals surface area contributed by atoms with Crippen LogP contribution in [0.5, 0.6) is 5.75 Å². The van der Waals surface area contributed by atoms with Gasteiger partial charge in [0.05, 0.1) is 25.1 Å². The van der Waals surface area contributed by atoms with Gasteiger partial charge >= 0.3 is 0 Å². The van der Waals surface area contributed by atoms with Crippen LogP contribution in [0.1, 0.15) is 31.7 Å². The molecule has 0 spiro atoms. The standard InChI is InChI=1S/C24H30O6S/c1-3-16(12-17-9-11-21(26)20-7-5-4-6-19(17)20)8-10-22(27)24-18(14-30-2)15-31(28,29)23(24)13-25/h4-7,9,11-12,22-23,25-27H,3,8,10,13-15H2,1-2H3/b16-12+/t22-,23+/m1/s1. The second kappa shape index (κ2) is 9.96. The molecule has 2 aromatic rings. The Labute approximate surface area is 183 Å². The SMILES string of the molecule is CC/C(=C\c1ccc(O)c2ccccc12)CC[C@@H](O)C1=C(COC)CS(=O)(=O)[C@H]1CO. The molecule has 7 heteroatoms. The van der Waals surface area contributed by atoms with Gasteiger partial charge in [0, 0.05) is 12.5 Å². The van der Waals surface area contributed by atoms with Gasteiger partial charge in [-0.3, -0.25) is 0 Å². The van der Waals surface area contributed by atoms with Crippen LogP contribution in [0, 0.1) is 0 Å². The van der Waals surface area contributed by atoms with E-state index in [1.165, 1.54) is 7.11 Å². The van der Waals surface area contributed by atoms with Gasteiger partial charge in [0.25, 0.3) is 0 Å². The summed E-state index contributed by atoms with van der Waals surface area (Å²) in [6.45, 7) is 1.61. The summed E-state index contributed by atoms with van der Waals surface area (Å²) in [6.07, 6.45) is 2.80. The molecule has 1 heterocycles. The predicted octanol–water partition coefficient (Wildman–Crippen LogP) is 3.21. The maximum absolute atomic E-state index is 12.4. The quantitative estimate of drug-likeness (QED) is 0.511. The maximum Gasteiger partial charge on any atom is 0.163 e. The zero-order valence-corrected chi connectivity index (χ0v) is 18.7. The van der Waals surface area contributed by atoms with E-state index in [1.54, 1.807) is 6.07 Å². The number of hydrogen-bond acceptors (Lipinski definition) is 6. The maximum atomic E-state index is 12.4. The number of rotatable bonds is 9. The highest BCUT2D eigenvalue weighted by Gasteiger charge is 2.40. The first-order valence-electron chi connectivity index (χ1n) is 10.4. The summed E-state index contributed by atoms with van der Waals surface area (Å²) in [5.74, 6) is 0.0466. The van der Waals surface area contributed by atoms with Crippen LogP contribution < -0.4 is 0 Å². The minimum Gasteiger partial charge on any atom is -0.507 e. The predicted molar refractivity (Wildman–Crippen MR) is 123 cm³/mol. The molecule has 31 heavy (non-hydrogen) atoms. The van der Waals surface area contributed by atoms with E-state index in [2.05, 4.69) is 6.08 Å². The summed E-state index contributed by atoms with van der Waals surface area (Å²) in [5.41, 5.74) is 3.01. The highest BCUT2D eigenvalue weighted by molar-refractivity contribution is 7.92. The summed E-state index contributed by atoms with van der Waals surface area (Å²) < 4.78 is 29.9. The number of allylic oxidation sites excluding steroid dienone is 1. The third-order valence-electron chi connectivity index (χ3n) is 5.89. The number of aliphatic hydroxyl groups excluding tert-OH is 2. The molecule has 2 aromatic carbocycles. The Balaban J connectivity index is 1.84. The Morgan fingerprint density at radius 3 is 2.58 bits per heavy atom. The van der Waals surface area contributed by atoms with Gasteiger partial charge < -0.3 is 20.1 Å². The fraction of sp³-hybridized carbons (Fsp3) is 0.417. The van der Waals surface area contributed by atoms with Crippen LogP contribution in [0.2, 0.25) is 0 Å². The molecule has 0 fully saturated rings. The molecule has 168 valence electrons. The van der Waals surface area contributed by atoms with E-state index >= 15 is 0 Å². The van der Waals surface area contributed by atoms with Gasteiger partial charge in [-0.25, -0.2) is 8.42 Å². The molecular weight excluding hydrogens is 416 g/mol. The van der Waals surface area contributed by atoms with Gasteiger partial charge in [-0.15, -0.1) is 0 Å². The van der Waals surface area contributed by atoms with E-state index in [4.69, 9.17) is 4.74 Å². The fourth-order valence-electron chi connectivity index (χ4n) is 4.29. The van der Waals surface area contributed by atoms with Crippen molar-refractivity contribution in [2.24, 2.45) is 0 Å². The molecule has 2 atom stereocenters.